The first kappa shape index (κ1) is 24.3. The molecule has 186 valence electrons. The van der Waals surface area contributed by atoms with Crippen LogP contribution < -0.4 is 10.6 Å². The molecule has 0 spiro atoms. The number of aryl methyl sites for hydroxylation is 1. The lowest BCUT2D eigenvalue weighted by molar-refractivity contribution is 0.0951. The van der Waals surface area contributed by atoms with E-state index < -0.39 is 11.7 Å². The van der Waals surface area contributed by atoms with E-state index in [1.54, 1.807) is 29.1 Å². The van der Waals surface area contributed by atoms with E-state index in [4.69, 9.17) is 16.6 Å². The first-order valence-electron chi connectivity index (χ1n) is 11.7. The summed E-state index contributed by atoms with van der Waals surface area (Å²) in [5, 5.41) is 14.9. The Morgan fingerprint density at radius 1 is 1.00 bits per heavy atom. The van der Waals surface area contributed by atoms with Crippen LogP contribution in [0.5, 0.6) is 0 Å². The number of rotatable bonds is 5. The third-order valence-electron chi connectivity index (χ3n) is 5.96. The fourth-order valence-corrected chi connectivity index (χ4v) is 4.10. The van der Waals surface area contributed by atoms with Crippen molar-refractivity contribution in [1.82, 2.24) is 20.3 Å². The number of halogens is 1. The maximum atomic E-state index is 14.0. The molecule has 37 heavy (non-hydrogen) atoms. The van der Waals surface area contributed by atoms with Gasteiger partial charge in [0.05, 0.1) is 11.3 Å². The van der Waals surface area contributed by atoms with Gasteiger partial charge in [0, 0.05) is 5.69 Å². The minimum atomic E-state index is -0.547. The number of hydrogen-bond acceptors (Lipinski definition) is 5. The fourth-order valence-electron chi connectivity index (χ4n) is 3.89. The molecule has 3 aromatic carbocycles. The molecule has 0 aliphatic rings. The van der Waals surface area contributed by atoms with E-state index in [0.29, 0.717) is 17.1 Å². The van der Waals surface area contributed by atoms with Gasteiger partial charge >= 0.3 is 0 Å². The number of amides is 1. The second-order valence-corrected chi connectivity index (χ2v) is 9.35. The van der Waals surface area contributed by atoms with Crippen LogP contribution in [0.3, 0.4) is 0 Å². The number of carbonyl (C=O) groups is 1. The predicted molar refractivity (Wildman–Crippen MR) is 145 cm³/mol. The molecule has 9 heteroatoms. The normalized spacial score (nSPS) is 11.2. The molecular weight excluding hydrogens is 489 g/mol. The third kappa shape index (κ3) is 5.12. The summed E-state index contributed by atoms with van der Waals surface area (Å²) in [6.07, 6.45) is 0. The lowest BCUT2D eigenvalue weighted by Gasteiger charge is -2.11. The van der Waals surface area contributed by atoms with Crippen LogP contribution in [-0.4, -0.2) is 26.0 Å². The largest absolute Gasteiger partial charge is 0.451 e. The van der Waals surface area contributed by atoms with E-state index in [2.05, 4.69) is 46.8 Å². The second-order valence-electron chi connectivity index (χ2n) is 8.94. The molecule has 7 nitrogen and oxygen atoms in total. The van der Waals surface area contributed by atoms with Gasteiger partial charge < -0.3 is 9.73 Å². The molecule has 2 aromatic heterocycles. The van der Waals surface area contributed by atoms with Crippen molar-refractivity contribution in [3.05, 3.63) is 95.5 Å². The van der Waals surface area contributed by atoms with Crippen molar-refractivity contribution in [3.63, 3.8) is 0 Å². The number of nitrogens with zero attached hydrogens (tertiary/aromatic N) is 3. The maximum absolute atomic E-state index is 14.0. The molecule has 0 bridgehead atoms. The number of nitrogens with one attached hydrogen (secondary N) is 2. The summed E-state index contributed by atoms with van der Waals surface area (Å²) in [4.78, 5) is 14.2. The van der Waals surface area contributed by atoms with Crippen LogP contribution in [-0.2, 0) is 0 Å². The molecule has 0 radical (unpaired) electrons. The van der Waals surface area contributed by atoms with Gasteiger partial charge in [-0.3, -0.25) is 10.1 Å². The summed E-state index contributed by atoms with van der Waals surface area (Å²) in [6, 6.07) is 21.1. The van der Waals surface area contributed by atoms with Crippen molar-refractivity contribution >= 4 is 40.0 Å². The molecule has 0 atom stereocenters. The van der Waals surface area contributed by atoms with Crippen molar-refractivity contribution < 1.29 is 13.6 Å². The predicted octanol–water partition coefficient (Wildman–Crippen LogP) is 6.38. The van der Waals surface area contributed by atoms with Crippen molar-refractivity contribution in [3.8, 4) is 17.0 Å². The monoisotopic (exact) mass is 513 g/mol. The Bertz CT molecular complexity index is 1620. The molecule has 5 aromatic rings. The summed E-state index contributed by atoms with van der Waals surface area (Å²) < 4.78 is 19.6. The molecule has 2 heterocycles. The first-order valence-corrected chi connectivity index (χ1v) is 12.1. The average Bonchev–Trinajstić information content (AvgIpc) is 3.52. The van der Waals surface area contributed by atoms with Gasteiger partial charge in [-0.1, -0.05) is 38.1 Å². The summed E-state index contributed by atoms with van der Waals surface area (Å²) in [5.41, 5.74) is 5.37. The van der Waals surface area contributed by atoms with Gasteiger partial charge in [-0.25, -0.2) is 4.39 Å². The molecular formula is C28H24FN5O2S. The highest BCUT2D eigenvalue weighted by molar-refractivity contribution is 7.80. The number of hydrogen-bond donors (Lipinski definition) is 2. The van der Waals surface area contributed by atoms with Crippen LogP contribution in [0.4, 0.5) is 10.1 Å². The summed E-state index contributed by atoms with van der Waals surface area (Å²) in [7, 11) is 0. The van der Waals surface area contributed by atoms with Crippen LogP contribution >= 0.6 is 12.2 Å². The highest BCUT2D eigenvalue weighted by Crippen LogP contribution is 2.25. The number of benzene rings is 3. The zero-order valence-electron chi connectivity index (χ0n) is 20.4. The number of furan rings is 1. The molecule has 0 aliphatic carbocycles. The van der Waals surface area contributed by atoms with Gasteiger partial charge in [0.15, 0.2) is 10.9 Å². The van der Waals surface area contributed by atoms with E-state index in [0.717, 1.165) is 16.8 Å². The average molecular weight is 514 g/mol. The Balaban J connectivity index is 1.29. The van der Waals surface area contributed by atoms with Gasteiger partial charge in [0.1, 0.15) is 22.6 Å². The van der Waals surface area contributed by atoms with E-state index in [1.807, 2.05) is 31.2 Å². The topological polar surface area (TPSA) is 85.0 Å². The van der Waals surface area contributed by atoms with E-state index in [1.165, 1.54) is 17.7 Å². The number of fused-ring (bicyclic) bond motifs is 1. The quantitative estimate of drug-likeness (QED) is 0.265. The Labute approximate surface area is 218 Å². The SMILES string of the molecule is Cc1cc2nn(-c3ccc(C(C)C)cc3)nc2cc1NC(=S)NC(=O)c1ccc(-c2ccccc2F)o1. The highest BCUT2D eigenvalue weighted by atomic mass is 32.1. The zero-order chi connectivity index (χ0) is 26.1. The standard InChI is InChI=1S/C28H24FN5O2S/c1-16(2)18-8-10-19(11-9-18)34-32-23-14-17(3)22(15-24(23)33-34)30-28(37)31-27(35)26-13-12-25(36-26)20-6-4-5-7-21(20)29/h4-16H,1-3H3,(H2,30,31,35,37). The van der Waals surface area contributed by atoms with Gasteiger partial charge in [0.2, 0.25) is 0 Å². The minimum Gasteiger partial charge on any atom is -0.451 e. The third-order valence-corrected chi connectivity index (χ3v) is 6.17. The molecule has 0 aliphatic heterocycles. The van der Waals surface area contributed by atoms with Crippen LogP contribution in [0.15, 0.2) is 77.2 Å². The highest BCUT2D eigenvalue weighted by Gasteiger charge is 2.16. The van der Waals surface area contributed by atoms with Crippen LogP contribution in [0.1, 0.15) is 41.4 Å². The molecule has 0 saturated carbocycles. The number of aromatic nitrogens is 3. The Hall–Kier alpha value is -4.37. The van der Waals surface area contributed by atoms with Gasteiger partial charge in [-0.05, 0) is 84.7 Å². The van der Waals surface area contributed by atoms with Gasteiger partial charge in [0.25, 0.3) is 5.91 Å². The summed E-state index contributed by atoms with van der Waals surface area (Å²) >= 11 is 5.34. The molecule has 5 rings (SSSR count). The summed E-state index contributed by atoms with van der Waals surface area (Å²) in [5.74, 6) is -0.265. The molecule has 1 amide bonds. The van der Waals surface area contributed by atoms with Gasteiger partial charge in [-0.15, -0.1) is 10.2 Å². The lowest BCUT2D eigenvalue weighted by Crippen LogP contribution is -2.34. The second kappa shape index (κ2) is 9.94. The molecule has 0 unspecified atom stereocenters. The Morgan fingerprint density at radius 2 is 1.70 bits per heavy atom. The minimum absolute atomic E-state index is 0.0148. The maximum Gasteiger partial charge on any atom is 0.293 e. The van der Waals surface area contributed by atoms with Crippen molar-refractivity contribution in [2.75, 3.05) is 5.32 Å². The van der Waals surface area contributed by atoms with Crippen molar-refractivity contribution in [2.24, 2.45) is 0 Å². The van der Waals surface area contributed by atoms with Crippen LogP contribution in [0.2, 0.25) is 0 Å². The number of carbonyl (C=O) groups excluding carboxylic acids is 1. The van der Waals surface area contributed by atoms with Crippen LogP contribution in [0.25, 0.3) is 28.0 Å². The van der Waals surface area contributed by atoms with Crippen LogP contribution in [0, 0.1) is 12.7 Å². The smallest absolute Gasteiger partial charge is 0.293 e. The van der Waals surface area contributed by atoms with E-state index in [9.17, 15) is 9.18 Å². The number of thiocarbonyl (C=S) groups is 1. The lowest BCUT2D eigenvalue weighted by atomic mass is 10.0. The van der Waals surface area contributed by atoms with E-state index in [-0.39, 0.29) is 22.2 Å². The number of anilines is 1. The Kier molecular flexibility index (Phi) is 6.54. The molecule has 0 fully saturated rings. The first-order chi connectivity index (χ1) is 17.8. The Morgan fingerprint density at radius 3 is 2.41 bits per heavy atom. The van der Waals surface area contributed by atoms with Crippen molar-refractivity contribution in [1.29, 1.82) is 0 Å². The van der Waals surface area contributed by atoms with Crippen molar-refractivity contribution in [2.45, 2.75) is 26.7 Å². The zero-order valence-corrected chi connectivity index (χ0v) is 21.3. The fraction of sp³-hybridized carbons (Fsp3) is 0.143. The molecule has 2 N–H and O–H groups in total. The summed E-state index contributed by atoms with van der Waals surface area (Å²) in [6.45, 7) is 6.21. The van der Waals surface area contributed by atoms with Gasteiger partial charge in [-0.2, -0.15) is 4.80 Å². The molecule has 0 saturated heterocycles. The van der Waals surface area contributed by atoms with E-state index >= 15 is 0 Å².